The molecular formula is C27H32N2O4. The molecule has 1 saturated carbocycles. The van der Waals surface area contributed by atoms with Crippen LogP contribution in [0.15, 0.2) is 48.5 Å². The molecule has 1 amide bonds. The highest BCUT2D eigenvalue weighted by atomic mass is 16.6. The molecule has 1 aliphatic heterocycles. The van der Waals surface area contributed by atoms with Crippen molar-refractivity contribution in [1.29, 1.82) is 0 Å². The van der Waals surface area contributed by atoms with E-state index in [2.05, 4.69) is 34.5 Å². The summed E-state index contributed by atoms with van der Waals surface area (Å²) >= 11 is 0. The number of nitrogens with zero attached hydrogens (tertiary/aromatic N) is 1. The Morgan fingerprint density at radius 1 is 0.970 bits per heavy atom. The monoisotopic (exact) mass is 448 g/mol. The maximum atomic E-state index is 12.9. The van der Waals surface area contributed by atoms with E-state index < -0.39 is 11.6 Å². The molecule has 2 fully saturated rings. The van der Waals surface area contributed by atoms with Gasteiger partial charge in [-0.15, -0.1) is 0 Å². The standard InChI is InChI=1S/C27H32N2O4/c1-32-25(30)27(14-16-29(17-15-27)19-8-2-3-9-19)28-26(31)33-18-24-22-12-6-4-10-20(22)21-11-5-7-13-23(21)24/h4-7,10-13,19,24H,2-3,8-9,14-18H2,1H3,(H,28,31). The van der Waals surface area contributed by atoms with Gasteiger partial charge in [0.05, 0.1) is 7.11 Å². The first-order chi connectivity index (χ1) is 16.1. The van der Waals surface area contributed by atoms with Crippen molar-refractivity contribution >= 4 is 12.1 Å². The molecule has 0 aromatic heterocycles. The third kappa shape index (κ3) is 4.12. The van der Waals surface area contributed by atoms with Crippen molar-refractivity contribution < 1.29 is 19.1 Å². The number of rotatable bonds is 5. The number of carbonyl (C=O) groups is 2. The van der Waals surface area contributed by atoms with E-state index in [1.54, 1.807) is 0 Å². The Morgan fingerprint density at radius 3 is 2.12 bits per heavy atom. The van der Waals surface area contributed by atoms with E-state index in [0.717, 1.165) is 13.1 Å². The number of esters is 1. The highest BCUT2D eigenvalue weighted by Crippen LogP contribution is 2.44. The first-order valence-electron chi connectivity index (χ1n) is 12.1. The zero-order chi connectivity index (χ0) is 22.8. The molecular weight excluding hydrogens is 416 g/mol. The topological polar surface area (TPSA) is 67.9 Å². The van der Waals surface area contributed by atoms with E-state index in [1.165, 1.54) is 55.0 Å². The van der Waals surface area contributed by atoms with Gasteiger partial charge in [-0.2, -0.15) is 0 Å². The van der Waals surface area contributed by atoms with Gasteiger partial charge in [0.2, 0.25) is 0 Å². The molecule has 3 aliphatic rings. The minimum Gasteiger partial charge on any atom is -0.467 e. The minimum absolute atomic E-state index is 0.0126. The maximum absolute atomic E-state index is 12.9. The van der Waals surface area contributed by atoms with Gasteiger partial charge < -0.3 is 19.7 Å². The number of piperidine rings is 1. The summed E-state index contributed by atoms with van der Waals surface area (Å²) in [5.74, 6) is -0.400. The molecule has 2 aliphatic carbocycles. The molecule has 33 heavy (non-hydrogen) atoms. The van der Waals surface area contributed by atoms with E-state index in [9.17, 15) is 9.59 Å². The van der Waals surface area contributed by atoms with Gasteiger partial charge in [0.15, 0.2) is 0 Å². The summed E-state index contributed by atoms with van der Waals surface area (Å²) in [4.78, 5) is 28.1. The van der Waals surface area contributed by atoms with Crippen LogP contribution in [0.2, 0.25) is 0 Å². The number of benzene rings is 2. The van der Waals surface area contributed by atoms with Gasteiger partial charge in [-0.25, -0.2) is 9.59 Å². The van der Waals surface area contributed by atoms with Crippen molar-refractivity contribution in [2.45, 2.75) is 56.0 Å². The van der Waals surface area contributed by atoms with Crippen LogP contribution in [0.5, 0.6) is 0 Å². The van der Waals surface area contributed by atoms with E-state index >= 15 is 0 Å². The van der Waals surface area contributed by atoms with Gasteiger partial charge in [-0.05, 0) is 47.9 Å². The summed E-state index contributed by atoms with van der Waals surface area (Å²) in [5, 5.41) is 2.90. The quantitative estimate of drug-likeness (QED) is 0.684. The summed E-state index contributed by atoms with van der Waals surface area (Å²) in [5.41, 5.74) is 3.69. The second-order valence-electron chi connectivity index (χ2n) is 9.50. The summed E-state index contributed by atoms with van der Waals surface area (Å²) in [6.45, 7) is 1.79. The number of likely N-dealkylation sites (tertiary alicyclic amines) is 1. The summed E-state index contributed by atoms with van der Waals surface area (Å²) < 4.78 is 10.8. The number of amides is 1. The largest absolute Gasteiger partial charge is 0.467 e. The maximum Gasteiger partial charge on any atom is 0.408 e. The number of hydrogen-bond donors (Lipinski definition) is 1. The Hall–Kier alpha value is -2.86. The molecule has 1 heterocycles. The van der Waals surface area contributed by atoms with Crippen LogP contribution in [0.25, 0.3) is 11.1 Å². The number of ether oxygens (including phenoxy) is 2. The first-order valence-corrected chi connectivity index (χ1v) is 12.1. The second-order valence-corrected chi connectivity index (χ2v) is 9.50. The minimum atomic E-state index is -1.02. The van der Waals surface area contributed by atoms with Crippen molar-refractivity contribution in [2.24, 2.45) is 0 Å². The number of carbonyl (C=O) groups excluding carboxylic acids is 2. The molecule has 0 unspecified atom stereocenters. The fourth-order valence-corrected chi connectivity index (χ4v) is 5.95. The number of methoxy groups -OCH3 is 1. The van der Waals surface area contributed by atoms with Gasteiger partial charge in [-0.1, -0.05) is 61.4 Å². The summed E-state index contributed by atoms with van der Waals surface area (Å²) in [6, 6.07) is 17.1. The molecule has 1 saturated heterocycles. The van der Waals surface area contributed by atoms with Crippen LogP contribution in [0.1, 0.15) is 55.6 Å². The fraction of sp³-hybridized carbons (Fsp3) is 0.481. The molecule has 0 radical (unpaired) electrons. The first kappa shape index (κ1) is 22.0. The van der Waals surface area contributed by atoms with Crippen LogP contribution in [-0.2, 0) is 14.3 Å². The van der Waals surface area contributed by atoms with E-state index in [4.69, 9.17) is 9.47 Å². The van der Waals surface area contributed by atoms with Crippen molar-refractivity contribution in [1.82, 2.24) is 10.2 Å². The average molecular weight is 449 g/mol. The Kier molecular flexibility index (Phi) is 6.11. The lowest BCUT2D eigenvalue weighted by Crippen LogP contribution is -2.61. The second kappa shape index (κ2) is 9.18. The summed E-state index contributed by atoms with van der Waals surface area (Å²) in [7, 11) is 1.38. The number of alkyl carbamates (subject to hydrolysis) is 1. The van der Waals surface area contributed by atoms with Crippen molar-refractivity contribution in [3.05, 3.63) is 59.7 Å². The molecule has 0 spiro atoms. The van der Waals surface area contributed by atoms with Crippen LogP contribution in [0.3, 0.4) is 0 Å². The predicted molar refractivity (Wildman–Crippen MR) is 126 cm³/mol. The Bertz CT molecular complexity index is 977. The Labute approximate surface area is 195 Å². The number of fused-ring (bicyclic) bond motifs is 3. The SMILES string of the molecule is COC(=O)C1(NC(=O)OCC2c3ccccc3-c3ccccc32)CCN(C2CCCC2)CC1. The van der Waals surface area contributed by atoms with Crippen molar-refractivity contribution in [2.75, 3.05) is 26.8 Å². The van der Waals surface area contributed by atoms with Crippen LogP contribution >= 0.6 is 0 Å². The van der Waals surface area contributed by atoms with E-state index in [-0.39, 0.29) is 18.5 Å². The molecule has 174 valence electrons. The van der Waals surface area contributed by atoms with Crippen molar-refractivity contribution in [3.8, 4) is 11.1 Å². The van der Waals surface area contributed by atoms with E-state index in [0.29, 0.717) is 18.9 Å². The van der Waals surface area contributed by atoms with Gasteiger partial charge >= 0.3 is 12.1 Å². The lowest BCUT2D eigenvalue weighted by Gasteiger charge is -2.42. The lowest BCUT2D eigenvalue weighted by atomic mass is 9.86. The molecule has 6 heteroatoms. The van der Waals surface area contributed by atoms with Crippen LogP contribution < -0.4 is 5.32 Å². The fourth-order valence-electron chi connectivity index (χ4n) is 5.95. The summed E-state index contributed by atoms with van der Waals surface area (Å²) in [6.07, 6.45) is 5.54. The third-order valence-corrected chi connectivity index (χ3v) is 7.75. The highest BCUT2D eigenvalue weighted by molar-refractivity contribution is 5.86. The van der Waals surface area contributed by atoms with Crippen LogP contribution in [-0.4, -0.2) is 55.3 Å². The smallest absolute Gasteiger partial charge is 0.408 e. The van der Waals surface area contributed by atoms with Gasteiger partial charge in [0.25, 0.3) is 0 Å². The molecule has 0 bridgehead atoms. The average Bonchev–Trinajstić information content (AvgIpc) is 3.50. The normalized spacial score (nSPS) is 20.2. The van der Waals surface area contributed by atoms with Crippen LogP contribution in [0, 0.1) is 0 Å². The molecule has 2 aromatic rings. The lowest BCUT2D eigenvalue weighted by molar-refractivity contribution is -0.150. The highest BCUT2D eigenvalue weighted by Gasteiger charge is 2.45. The zero-order valence-corrected chi connectivity index (χ0v) is 19.2. The van der Waals surface area contributed by atoms with Gasteiger partial charge in [0.1, 0.15) is 12.1 Å². The van der Waals surface area contributed by atoms with Gasteiger partial charge in [-0.3, -0.25) is 0 Å². The van der Waals surface area contributed by atoms with E-state index in [1.807, 2.05) is 24.3 Å². The Morgan fingerprint density at radius 2 is 1.55 bits per heavy atom. The zero-order valence-electron chi connectivity index (χ0n) is 19.2. The van der Waals surface area contributed by atoms with Crippen molar-refractivity contribution in [3.63, 3.8) is 0 Å². The molecule has 6 nitrogen and oxygen atoms in total. The predicted octanol–water partition coefficient (Wildman–Crippen LogP) is 4.48. The Balaban J connectivity index is 1.25. The molecule has 0 atom stereocenters. The molecule has 5 rings (SSSR count). The third-order valence-electron chi connectivity index (χ3n) is 7.75. The van der Waals surface area contributed by atoms with Gasteiger partial charge in [0, 0.05) is 25.0 Å². The van der Waals surface area contributed by atoms with Crippen LogP contribution in [0.4, 0.5) is 4.79 Å². The number of nitrogens with one attached hydrogen (secondary N) is 1. The number of hydrogen-bond acceptors (Lipinski definition) is 5. The molecule has 2 aromatic carbocycles. The molecule has 1 N–H and O–H groups in total.